The van der Waals surface area contributed by atoms with Gasteiger partial charge in [0.05, 0.1) is 23.8 Å². The van der Waals surface area contributed by atoms with Crippen LogP contribution < -0.4 is 5.56 Å². The van der Waals surface area contributed by atoms with Gasteiger partial charge in [-0.3, -0.25) is 14.2 Å². The monoisotopic (exact) mass is 519 g/mol. The molecule has 0 atom stereocenters. The molecular weight excluding hydrogens is 498 g/mol. The first-order valence-electron chi connectivity index (χ1n) is 11.9. The topological polar surface area (TPSA) is 102 Å². The van der Waals surface area contributed by atoms with Crippen molar-refractivity contribution in [3.05, 3.63) is 113 Å². The smallest absolute Gasteiger partial charge is 0.284 e. The number of benzene rings is 3. The summed E-state index contributed by atoms with van der Waals surface area (Å²) in [6.07, 6.45) is 1.35. The third-order valence-corrected chi connectivity index (χ3v) is 7.34. The molecule has 0 saturated heterocycles. The average molecular weight is 520 g/mol. The summed E-state index contributed by atoms with van der Waals surface area (Å²) in [4.78, 5) is 31.7. The fourth-order valence-electron chi connectivity index (χ4n) is 4.40. The number of aromatic nitrogens is 3. The molecule has 0 bridgehead atoms. The van der Waals surface area contributed by atoms with Crippen molar-refractivity contribution in [3.63, 3.8) is 0 Å². The van der Waals surface area contributed by atoms with Crippen LogP contribution in [0.4, 0.5) is 5.69 Å². The van der Waals surface area contributed by atoms with E-state index in [1.807, 2.05) is 84.9 Å². The number of rotatable bonds is 6. The molecule has 9 heteroatoms. The van der Waals surface area contributed by atoms with Crippen LogP contribution in [-0.4, -0.2) is 25.1 Å². The number of carbonyl (C=O) groups is 1. The van der Waals surface area contributed by atoms with Crippen molar-refractivity contribution in [1.82, 2.24) is 14.1 Å². The van der Waals surface area contributed by atoms with Crippen LogP contribution in [0.2, 0.25) is 0 Å². The van der Waals surface area contributed by atoms with Crippen LogP contribution in [0.15, 0.2) is 112 Å². The Morgan fingerprint density at radius 3 is 2.42 bits per heavy atom. The summed E-state index contributed by atoms with van der Waals surface area (Å²) in [5.41, 5.74) is 2.66. The Hall–Kier alpha value is -4.89. The van der Waals surface area contributed by atoms with Gasteiger partial charge in [0, 0.05) is 10.3 Å². The van der Waals surface area contributed by atoms with E-state index in [4.69, 9.17) is 0 Å². The number of nitrogens with zero attached hydrogens (tertiary/aromatic N) is 5. The zero-order chi connectivity index (χ0) is 26.1. The van der Waals surface area contributed by atoms with Crippen molar-refractivity contribution in [2.45, 2.75) is 13.1 Å². The molecule has 1 amide bonds. The minimum absolute atomic E-state index is 0.0847. The first-order valence-corrected chi connectivity index (χ1v) is 12.7. The minimum atomic E-state index is -0.633. The summed E-state index contributed by atoms with van der Waals surface area (Å²) in [5.74, 6) is -0.718. The van der Waals surface area contributed by atoms with E-state index in [-0.39, 0.29) is 23.7 Å². The second-order valence-corrected chi connectivity index (χ2v) is 9.76. The predicted octanol–water partition coefficient (Wildman–Crippen LogP) is 6.14. The molecule has 0 aliphatic carbocycles. The van der Waals surface area contributed by atoms with E-state index in [0.29, 0.717) is 22.1 Å². The van der Waals surface area contributed by atoms with Crippen LogP contribution in [0.25, 0.3) is 31.6 Å². The van der Waals surface area contributed by atoms with Crippen LogP contribution in [-0.2, 0) is 17.9 Å². The molecule has 3 aromatic carbocycles. The lowest BCUT2D eigenvalue weighted by Gasteiger charge is -2.06. The van der Waals surface area contributed by atoms with Gasteiger partial charge in [0.25, 0.3) is 11.5 Å². The van der Waals surface area contributed by atoms with Crippen molar-refractivity contribution in [1.29, 1.82) is 0 Å². The lowest BCUT2D eigenvalue weighted by molar-refractivity contribution is -0.118. The third-order valence-electron chi connectivity index (χ3n) is 6.24. The molecule has 8 nitrogen and oxygen atoms in total. The summed E-state index contributed by atoms with van der Waals surface area (Å²) in [6, 6.07) is 28.7. The number of fused-ring (bicyclic) bond motifs is 2. The van der Waals surface area contributed by atoms with Gasteiger partial charge in [0.15, 0.2) is 5.69 Å². The summed E-state index contributed by atoms with van der Waals surface area (Å²) in [6.45, 7) is 0.120. The van der Waals surface area contributed by atoms with Crippen LogP contribution >= 0.6 is 11.3 Å². The Labute approximate surface area is 220 Å². The minimum Gasteiger partial charge on any atom is -0.493 e. The molecule has 0 aliphatic rings. The van der Waals surface area contributed by atoms with Crippen molar-refractivity contribution >= 4 is 44.1 Å². The molecule has 0 aliphatic heterocycles. The van der Waals surface area contributed by atoms with E-state index in [1.54, 1.807) is 10.6 Å². The second-order valence-electron chi connectivity index (χ2n) is 8.73. The normalized spacial score (nSPS) is 11.6. The van der Waals surface area contributed by atoms with Gasteiger partial charge in [-0.1, -0.05) is 78.9 Å². The number of hydrogen-bond donors (Lipinski definition) is 1. The highest BCUT2D eigenvalue weighted by atomic mass is 32.1. The molecule has 0 radical (unpaired) electrons. The first-order chi connectivity index (χ1) is 18.6. The molecule has 0 unspecified atom stereocenters. The maximum absolute atomic E-state index is 13.1. The summed E-state index contributed by atoms with van der Waals surface area (Å²) in [7, 11) is 0. The van der Waals surface area contributed by atoms with Gasteiger partial charge < -0.3 is 9.67 Å². The Balaban J connectivity index is 1.27. The van der Waals surface area contributed by atoms with E-state index in [0.717, 1.165) is 21.5 Å². The largest absolute Gasteiger partial charge is 0.493 e. The second kappa shape index (κ2) is 9.87. The number of para-hydroxylation sites is 1. The number of azo groups is 1. The third kappa shape index (κ3) is 4.39. The van der Waals surface area contributed by atoms with E-state index in [1.165, 1.54) is 22.2 Å². The van der Waals surface area contributed by atoms with E-state index in [9.17, 15) is 14.7 Å². The fourth-order valence-corrected chi connectivity index (χ4v) is 5.39. The number of hydrogen-bond acceptors (Lipinski definition) is 6. The van der Waals surface area contributed by atoms with Crippen molar-refractivity contribution in [2.75, 3.05) is 0 Å². The Morgan fingerprint density at radius 1 is 0.921 bits per heavy atom. The zero-order valence-electron chi connectivity index (χ0n) is 20.1. The maximum atomic E-state index is 13.1. The van der Waals surface area contributed by atoms with Gasteiger partial charge >= 0.3 is 0 Å². The van der Waals surface area contributed by atoms with E-state index in [2.05, 4.69) is 15.2 Å². The molecule has 0 fully saturated rings. The van der Waals surface area contributed by atoms with Gasteiger partial charge in [-0.15, -0.1) is 21.6 Å². The van der Waals surface area contributed by atoms with Crippen molar-refractivity contribution in [3.8, 4) is 16.3 Å². The van der Waals surface area contributed by atoms with Gasteiger partial charge in [-0.05, 0) is 23.3 Å². The molecule has 1 N–H and O–H groups in total. The Kier molecular flexibility index (Phi) is 6.11. The lowest BCUT2D eigenvalue weighted by atomic mass is 10.2. The van der Waals surface area contributed by atoms with Gasteiger partial charge in [0.2, 0.25) is 5.88 Å². The summed E-state index contributed by atoms with van der Waals surface area (Å²) >= 11 is 1.42. The number of thiophene rings is 1. The number of carbonyl (C=O) groups excluding carboxylic acids is 1. The van der Waals surface area contributed by atoms with Gasteiger partial charge in [-0.2, -0.15) is 0 Å². The zero-order valence-corrected chi connectivity index (χ0v) is 20.9. The summed E-state index contributed by atoms with van der Waals surface area (Å²) < 4.78 is 2.95. The molecule has 6 aromatic rings. The average Bonchev–Trinajstić information content (AvgIpc) is 3.50. The molecular formula is C29H21N5O3S. The van der Waals surface area contributed by atoms with E-state index >= 15 is 0 Å². The highest BCUT2D eigenvalue weighted by Gasteiger charge is 2.17. The quantitative estimate of drug-likeness (QED) is 0.267. The molecule has 3 heterocycles. The molecule has 6 rings (SSSR count). The number of amides is 1. The molecule has 0 spiro atoms. The predicted molar refractivity (Wildman–Crippen MR) is 148 cm³/mol. The van der Waals surface area contributed by atoms with Crippen LogP contribution in [0.5, 0.6) is 5.88 Å². The van der Waals surface area contributed by atoms with Gasteiger partial charge in [-0.25, -0.2) is 4.98 Å². The van der Waals surface area contributed by atoms with Crippen molar-refractivity contribution in [2.24, 2.45) is 10.2 Å². The standard InChI is InChI=1S/C29H21N5O3S/c35-25(17-33-18-30-27-22(28(33)36)15-24(38-27)20-11-5-2-6-12-20)31-32-26-21-13-7-8-14-23(21)34(29(26)37)16-19-9-3-1-4-10-19/h1-15,18,37H,16-17H2. The summed E-state index contributed by atoms with van der Waals surface area (Å²) in [5, 5.41) is 20.0. The Morgan fingerprint density at radius 2 is 1.63 bits per heavy atom. The fraction of sp³-hybridized carbons (Fsp3) is 0.0690. The highest BCUT2D eigenvalue weighted by Crippen LogP contribution is 2.39. The van der Waals surface area contributed by atoms with Crippen LogP contribution in [0.3, 0.4) is 0 Å². The SMILES string of the molecule is O=C(Cn1cnc2sc(-c3ccccc3)cc2c1=O)N=Nc1c(O)n(Cc2ccccc2)c2ccccc12. The number of aromatic hydroxyl groups is 1. The maximum Gasteiger partial charge on any atom is 0.284 e. The molecule has 186 valence electrons. The van der Waals surface area contributed by atoms with Gasteiger partial charge in [0.1, 0.15) is 11.4 Å². The Bertz CT molecular complexity index is 1870. The molecule has 3 aromatic heterocycles. The van der Waals surface area contributed by atoms with Crippen LogP contribution in [0.1, 0.15) is 5.56 Å². The highest BCUT2D eigenvalue weighted by molar-refractivity contribution is 7.21. The first kappa shape index (κ1) is 23.5. The lowest BCUT2D eigenvalue weighted by Crippen LogP contribution is -2.23. The van der Waals surface area contributed by atoms with Crippen LogP contribution in [0, 0.1) is 0 Å². The molecule has 38 heavy (non-hydrogen) atoms. The van der Waals surface area contributed by atoms with E-state index < -0.39 is 5.91 Å². The van der Waals surface area contributed by atoms with Crippen molar-refractivity contribution < 1.29 is 9.90 Å². The molecule has 0 saturated carbocycles.